The molecule has 1 aliphatic rings. The van der Waals surface area contributed by atoms with Crippen LogP contribution in [-0.2, 0) is 16.0 Å². The normalized spacial score (nSPS) is 16.5. The van der Waals surface area contributed by atoms with Gasteiger partial charge < -0.3 is 15.0 Å². The van der Waals surface area contributed by atoms with Gasteiger partial charge in [0.1, 0.15) is 21.6 Å². The minimum Gasteiger partial charge on any atom is -0.370 e. The molecule has 4 rings (SSSR count). The van der Waals surface area contributed by atoms with Crippen LogP contribution >= 0.6 is 11.3 Å². The number of aryl methyl sites for hydroxylation is 1. The molecule has 162 valence electrons. The number of rotatable bonds is 6. The van der Waals surface area contributed by atoms with Crippen LogP contribution in [0.25, 0.3) is 10.2 Å². The summed E-state index contributed by atoms with van der Waals surface area (Å²) in [6.45, 7) is 1.35. The first-order chi connectivity index (χ1) is 15.1. The van der Waals surface area contributed by atoms with Crippen molar-refractivity contribution >= 4 is 33.4 Å². The number of nitrogens with zero attached hydrogens (tertiary/aromatic N) is 2. The van der Waals surface area contributed by atoms with Gasteiger partial charge in [0.15, 0.2) is 0 Å². The Bertz CT molecular complexity index is 1080. The standard InChI is InChI=1S/C23H24FN3O3S/c1-25-22(29)21-20(17-5-3-11-26-23(17)31-21)18-14-27(12-13-30-18)19(28)6-2-4-15-7-9-16(24)10-8-15/h3,5,7-11,18H,2,4,6,12-14H2,1H3,(H,25,29). The predicted octanol–water partition coefficient (Wildman–Crippen LogP) is 3.72. The van der Waals surface area contributed by atoms with E-state index in [1.807, 2.05) is 17.0 Å². The lowest BCUT2D eigenvalue weighted by atomic mass is 10.0. The number of halogens is 1. The Labute approximate surface area is 184 Å². The van der Waals surface area contributed by atoms with Crippen LogP contribution in [0, 0.1) is 5.82 Å². The Morgan fingerprint density at radius 2 is 2.10 bits per heavy atom. The van der Waals surface area contributed by atoms with Gasteiger partial charge in [0.25, 0.3) is 5.91 Å². The number of fused-ring (bicyclic) bond motifs is 1. The summed E-state index contributed by atoms with van der Waals surface area (Å²) in [5.41, 5.74) is 1.82. The van der Waals surface area contributed by atoms with E-state index in [0.29, 0.717) is 37.4 Å². The maximum Gasteiger partial charge on any atom is 0.261 e. The van der Waals surface area contributed by atoms with E-state index in [9.17, 15) is 14.0 Å². The van der Waals surface area contributed by atoms with E-state index < -0.39 is 0 Å². The lowest BCUT2D eigenvalue weighted by molar-refractivity contribution is -0.139. The summed E-state index contributed by atoms with van der Waals surface area (Å²) >= 11 is 1.34. The SMILES string of the molecule is CNC(=O)c1sc2ncccc2c1C1CN(C(=O)CCCc2ccc(F)cc2)CCO1. The van der Waals surface area contributed by atoms with Crippen molar-refractivity contribution < 1.29 is 18.7 Å². The van der Waals surface area contributed by atoms with E-state index in [1.165, 1.54) is 23.5 Å². The van der Waals surface area contributed by atoms with Crippen molar-refractivity contribution in [2.24, 2.45) is 0 Å². The summed E-state index contributed by atoms with van der Waals surface area (Å²) < 4.78 is 19.0. The minimum absolute atomic E-state index is 0.0644. The van der Waals surface area contributed by atoms with Crippen LogP contribution in [0.3, 0.4) is 0 Å². The number of nitrogens with one attached hydrogen (secondary N) is 1. The van der Waals surface area contributed by atoms with Gasteiger partial charge in [-0.3, -0.25) is 9.59 Å². The van der Waals surface area contributed by atoms with Crippen molar-refractivity contribution in [3.63, 3.8) is 0 Å². The molecule has 1 saturated heterocycles. The number of ether oxygens (including phenoxy) is 1. The molecule has 0 bridgehead atoms. The number of pyridine rings is 1. The van der Waals surface area contributed by atoms with Gasteiger partial charge in [-0.2, -0.15) is 0 Å². The van der Waals surface area contributed by atoms with Crippen molar-refractivity contribution in [3.8, 4) is 0 Å². The number of benzene rings is 1. The molecule has 6 nitrogen and oxygen atoms in total. The molecule has 1 aromatic carbocycles. The maximum absolute atomic E-state index is 13.0. The van der Waals surface area contributed by atoms with E-state index in [0.717, 1.165) is 27.8 Å². The average molecular weight is 442 g/mol. The van der Waals surface area contributed by atoms with Crippen LogP contribution in [0.4, 0.5) is 4.39 Å². The Balaban J connectivity index is 1.45. The van der Waals surface area contributed by atoms with Crippen LogP contribution in [-0.4, -0.2) is 48.4 Å². The molecule has 1 aliphatic heterocycles. The van der Waals surface area contributed by atoms with E-state index in [-0.39, 0.29) is 23.7 Å². The Morgan fingerprint density at radius 3 is 2.87 bits per heavy atom. The van der Waals surface area contributed by atoms with Crippen LogP contribution < -0.4 is 5.32 Å². The number of thiophene rings is 1. The van der Waals surface area contributed by atoms with Gasteiger partial charge >= 0.3 is 0 Å². The zero-order chi connectivity index (χ0) is 21.8. The largest absolute Gasteiger partial charge is 0.370 e. The molecule has 3 heterocycles. The fourth-order valence-electron chi connectivity index (χ4n) is 3.86. The summed E-state index contributed by atoms with van der Waals surface area (Å²) in [6.07, 6.45) is 3.16. The summed E-state index contributed by atoms with van der Waals surface area (Å²) in [5.74, 6) is -0.370. The van der Waals surface area contributed by atoms with Gasteiger partial charge in [-0.05, 0) is 36.6 Å². The molecular weight excluding hydrogens is 417 g/mol. The molecule has 1 fully saturated rings. The third-order valence-electron chi connectivity index (χ3n) is 5.45. The quantitative estimate of drug-likeness (QED) is 0.633. The minimum atomic E-state index is -0.375. The van der Waals surface area contributed by atoms with Crippen LogP contribution in [0.15, 0.2) is 42.6 Å². The number of hydrogen-bond acceptors (Lipinski definition) is 5. The van der Waals surface area contributed by atoms with Crippen LogP contribution in [0.5, 0.6) is 0 Å². The van der Waals surface area contributed by atoms with Crippen LogP contribution in [0.2, 0.25) is 0 Å². The molecule has 2 amide bonds. The number of amides is 2. The molecule has 0 saturated carbocycles. The van der Waals surface area contributed by atoms with Crippen molar-refractivity contribution in [2.75, 3.05) is 26.7 Å². The van der Waals surface area contributed by atoms with E-state index in [4.69, 9.17) is 4.74 Å². The second-order valence-electron chi connectivity index (χ2n) is 7.46. The van der Waals surface area contributed by atoms with Gasteiger partial charge in [0, 0.05) is 37.2 Å². The highest BCUT2D eigenvalue weighted by atomic mass is 32.1. The number of carbonyl (C=O) groups is 2. The van der Waals surface area contributed by atoms with Crippen LogP contribution in [0.1, 0.15) is 39.7 Å². The fraction of sp³-hybridized carbons (Fsp3) is 0.348. The molecule has 1 unspecified atom stereocenters. The Kier molecular flexibility index (Phi) is 6.58. The predicted molar refractivity (Wildman–Crippen MR) is 118 cm³/mol. The van der Waals surface area contributed by atoms with E-state index >= 15 is 0 Å². The zero-order valence-electron chi connectivity index (χ0n) is 17.3. The second kappa shape index (κ2) is 9.53. The Morgan fingerprint density at radius 1 is 1.29 bits per heavy atom. The first kappa shape index (κ1) is 21.4. The number of aromatic nitrogens is 1. The van der Waals surface area contributed by atoms with Crippen molar-refractivity contribution in [1.82, 2.24) is 15.2 Å². The summed E-state index contributed by atoms with van der Waals surface area (Å²) in [4.78, 5) is 32.8. The average Bonchev–Trinajstić information content (AvgIpc) is 3.19. The first-order valence-corrected chi connectivity index (χ1v) is 11.1. The molecule has 1 N–H and O–H groups in total. The molecule has 1 atom stereocenters. The lowest BCUT2D eigenvalue weighted by Crippen LogP contribution is -2.42. The smallest absolute Gasteiger partial charge is 0.261 e. The lowest BCUT2D eigenvalue weighted by Gasteiger charge is -2.33. The molecule has 0 radical (unpaired) electrons. The molecule has 0 spiro atoms. The van der Waals surface area contributed by atoms with Gasteiger partial charge in [-0.15, -0.1) is 11.3 Å². The maximum atomic E-state index is 13.0. The molecular formula is C23H24FN3O3S. The number of morpholine rings is 1. The van der Waals surface area contributed by atoms with Gasteiger partial charge in [-0.1, -0.05) is 18.2 Å². The highest BCUT2D eigenvalue weighted by molar-refractivity contribution is 7.20. The molecule has 31 heavy (non-hydrogen) atoms. The van der Waals surface area contributed by atoms with Gasteiger partial charge in [0.05, 0.1) is 13.2 Å². The Hall–Kier alpha value is -2.84. The molecule has 8 heteroatoms. The molecule has 2 aromatic heterocycles. The summed E-state index contributed by atoms with van der Waals surface area (Å²) in [6, 6.07) is 10.2. The number of carbonyl (C=O) groups excluding carboxylic acids is 2. The van der Waals surface area contributed by atoms with Crippen molar-refractivity contribution in [3.05, 3.63) is 64.4 Å². The molecule has 3 aromatic rings. The van der Waals surface area contributed by atoms with Gasteiger partial charge in [0.2, 0.25) is 5.91 Å². The first-order valence-electron chi connectivity index (χ1n) is 10.3. The van der Waals surface area contributed by atoms with E-state index in [1.54, 1.807) is 25.4 Å². The molecule has 0 aliphatic carbocycles. The van der Waals surface area contributed by atoms with Crippen molar-refractivity contribution in [2.45, 2.75) is 25.4 Å². The monoisotopic (exact) mass is 441 g/mol. The fourth-order valence-corrected chi connectivity index (χ4v) is 5.00. The van der Waals surface area contributed by atoms with Gasteiger partial charge in [-0.25, -0.2) is 9.37 Å². The summed E-state index contributed by atoms with van der Waals surface area (Å²) in [5, 5.41) is 3.58. The number of hydrogen-bond donors (Lipinski definition) is 1. The zero-order valence-corrected chi connectivity index (χ0v) is 18.1. The second-order valence-corrected chi connectivity index (χ2v) is 8.46. The third-order valence-corrected chi connectivity index (χ3v) is 6.58. The highest BCUT2D eigenvalue weighted by Crippen LogP contribution is 2.37. The highest BCUT2D eigenvalue weighted by Gasteiger charge is 2.31. The topological polar surface area (TPSA) is 71.5 Å². The summed E-state index contributed by atoms with van der Waals surface area (Å²) in [7, 11) is 1.60. The van der Waals surface area contributed by atoms with E-state index in [2.05, 4.69) is 10.3 Å². The third kappa shape index (κ3) is 4.75. The van der Waals surface area contributed by atoms with Crippen molar-refractivity contribution in [1.29, 1.82) is 0 Å².